The number of benzene rings is 1. The van der Waals surface area contributed by atoms with Crippen LogP contribution in [0.4, 0.5) is 18.9 Å². The molecule has 0 saturated carbocycles. The van der Waals surface area contributed by atoms with Crippen LogP contribution in [0.3, 0.4) is 0 Å². The first-order chi connectivity index (χ1) is 8.06. The molecule has 0 atom stereocenters. The van der Waals surface area contributed by atoms with Gasteiger partial charge in [-0.05, 0) is 12.8 Å². The van der Waals surface area contributed by atoms with Gasteiger partial charge in [0.25, 0.3) is 0 Å². The molecule has 17 heavy (non-hydrogen) atoms. The lowest BCUT2D eigenvalue weighted by Crippen LogP contribution is -2.25. The van der Waals surface area contributed by atoms with Crippen LogP contribution in [0.1, 0.15) is 18.4 Å². The predicted octanol–water partition coefficient (Wildman–Crippen LogP) is 2.92. The summed E-state index contributed by atoms with van der Waals surface area (Å²) in [6, 6.07) is 0.448. The lowest BCUT2D eigenvalue weighted by molar-refractivity contribution is -0.118. The number of hydrogen-bond acceptors (Lipinski definition) is 1. The molecule has 1 aliphatic rings. The Labute approximate surface area is 96.3 Å². The second kappa shape index (κ2) is 4.24. The SMILES string of the molecule is C=CN1C(=O)CCCc2c(F)c(F)cc(F)c21. The molecule has 1 aromatic rings. The normalized spacial score (nSPS) is 15.5. The molecular formula is C12H10F3NO. The van der Waals surface area contributed by atoms with Gasteiger partial charge in [-0.2, -0.15) is 0 Å². The van der Waals surface area contributed by atoms with Crippen molar-refractivity contribution in [1.29, 1.82) is 0 Å². The fourth-order valence-electron chi connectivity index (χ4n) is 1.98. The molecule has 1 aromatic carbocycles. The van der Waals surface area contributed by atoms with Gasteiger partial charge in [0.05, 0.1) is 5.69 Å². The summed E-state index contributed by atoms with van der Waals surface area (Å²) in [6.45, 7) is 3.39. The van der Waals surface area contributed by atoms with Crippen LogP contribution in [0.2, 0.25) is 0 Å². The number of rotatable bonds is 1. The first-order valence-electron chi connectivity index (χ1n) is 5.17. The van der Waals surface area contributed by atoms with E-state index in [2.05, 4.69) is 6.58 Å². The molecule has 1 aliphatic heterocycles. The van der Waals surface area contributed by atoms with E-state index in [4.69, 9.17) is 0 Å². The highest BCUT2D eigenvalue weighted by Crippen LogP contribution is 2.33. The third-order valence-electron chi connectivity index (χ3n) is 2.75. The van der Waals surface area contributed by atoms with Gasteiger partial charge in [0.1, 0.15) is 0 Å². The van der Waals surface area contributed by atoms with Gasteiger partial charge < -0.3 is 0 Å². The largest absolute Gasteiger partial charge is 0.285 e. The Morgan fingerprint density at radius 1 is 1.24 bits per heavy atom. The first-order valence-corrected chi connectivity index (χ1v) is 5.17. The summed E-state index contributed by atoms with van der Waals surface area (Å²) in [4.78, 5) is 12.6. The van der Waals surface area contributed by atoms with E-state index >= 15 is 0 Å². The predicted molar refractivity (Wildman–Crippen MR) is 56.9 cm³/mol. The maximum atomic E-state index is 13.7. The van der Waals surface area contributed by atoms with E-state index in [9.17, 15) is 18.0 Å². The second-order valence-corrected chi connectivity index (χ2v) is 3.78. The van der Waals surface area contributed by atoms with Crippen molar-refractivity contribution in [3.05, 3.63) is 41.9 Å². The van der Waals surface area contributed by atoms with Crippen molar-refractivity contribution in [2.45, 2.75) is 19.3 Å². The molecule has 5 heteroatoms. The summed E-state index contributed by atoms with van der Waals surface area (Å²) < 4.78 is 40.3. The molecule has 0 radical (unpaired) electrons. The summed E-state index contributed by atoms with van der Waals surface area (Å²) in [5.74, 6) is -3.65. The van der Waals surface area contributed by atoms with Crippen LogP contribution < -0.4 is 4.90 Å². The quantitative estimate of drug-likeness (QED) is 0.692. The molecule has 0 spiro atoms. The second-order valence-electron chi connectivity index (χ2n) is 3.78. The number of carbonyl (C=O) groups excluding carboxylic acids is 1. The highest BCUT2D eigenvalue weighted by molar-refractivity contribution is 5.96. The number of anilines is 1. The van der Waals surface area contributed by atoms with Crippen molar-refractivity contribution in [2.75, 3.05) is 4.90 Å². The first kappa shape index (κ1) is 11.7. The lowest BCUT2D eigenvalue weighted by atomic mass is 10.1. The molecule has 90 valence electrons. The summed E-state index contributed by atoms with van der Waals surface area (Å²) in [5, 5.41) is 0. The van der Waals surface area contributed by atoms with Gasteiger partial charge in [-0.1, -0.05) is 6.58 Å². The van der Waals surface area contributed by atoms with E-state index in [0.717, 1.165) is 11.1 Å². The monoisotopic (exact) mass is 241 g/mol. The molecule has 1 heterocycles. The average molecular weight is 241 g/mol. The molecule has 1 amide bonds. The highest BCUT2D eigenvalue weighted by Gasteiger charge is 2.27. The summed E-state index contributed by atoms with van der Waals surface area (Å²) in [7, 11) is 0. The van der Waals surface area contributed by atoms with Crippen LogP contribution in [0.25, 0.3) is 0 Å². The van der Waals surface area contributed by atoms with E-state index in [1.807, 2.05) is 0 Å². The minimum absolute atomic E-state index is 0.103. The zero-order valence-electron chi connectivity index (χ0n) is 8.97. The Bertz CT molecular complexity index is 499. The summed E-state index contributed by atoms with van der Waals surface area (Å²) in [6.07, 6.45) is 1.76. The van der Waals surface area contributed by atoms with Crippen LogP contribution in [0.5, 0.6) is 0 Å². The number of carbonyl (C=O) groups is 1. The number of halogens is 3. The molecule has 2 nitrogen and oxygen atoms in total. The van der Waals surface area contributed by atoms with Crippen LogP contribution in [0.15, 0.2) is 18.8 Å². The zero-order chi connectivity index (χ0) is 12.6. The Morgan fingerprint density at radius 2 is 1.94 bits per heavy atom. The molecule has 0 aliphatic carbocycles. The van der Waals surface area contributed by atoms with Gasteiger partial charge in [0, 0.05) is 24.3 Å². The fourth-order valence-corrected chi connectivity index (χ4v) is 1.98. The molecule has 2 rings (SSSR count). The average Bonchev–Trinajstić information content (AvgIpc) is 2.45. The standard InChI is InChI=1S/C12H10F3NO/c1-2-16-10(17)5-3-4-7-11(15)8(13)6-9(14)12(7)16/h2,6H,1,3-5H2. The van der Waals surface area contributed by atoms with E-state index in [0.29, 0.717) is 12.5 Å². The highest BCUT2D eigenvalue weighted by atomic mass is 19.2. The van der Waals surface area contributed by atoms with E-state index in [-0.39, 0.29) is 30.0 Å². The Balaban J connectivity index is 2.71. The molecule has 0 unspecified atom stereocenters. The topological polar surface area (TPSA) is 20.3 Å². The van der Waals surface area contributed by atoms with Gasteiger partial charge >= 0.3 is 0 Å². The van der Waals surface area contributed by atoms with E-state index < -0.39 is 17.5 Å². The zero-order valence-corrected chi connectivity index (χ0v) is 8.97. The van der Waals surface area contributed by atoms with Gasteiger partial charge in [0.2, 0.25) is 5.91 Å². The molecule has 0 N–H and O–H groups in total. The smallest absolute Gasteiger partial charge is 0.231 e. The van der Waals surface area contributed by atoms with Gasteiger partial charge in [-0.25, -0.2) is 13.2 Å². The maximum Gasteiger partial charge on any atom is 0.231 e. The van der Waals surface area contributed by atoms with Gasteiger partial charge in [-0.3, -0.25) is 9.69 Å². The Morgan fingerprint density at radius 3 is 2.59 bits per heavy atom. The van der Waals surface area contributed by atoms with Crippen LogP contribution >= 0.6 is 0 Å². The minimum atomic E-state index is -1.24. The third-order valence-corrected chi connectivity index (χ3v) is 2.75. The van der Waals surface area contributed by atoms with Crippen molar-refractivity contribution < 1.29 is 18.0 Å². The van der Waals surface area contributed by atoms with Crippen LogP contribution in [-0.2, 0) is 11.2 Å². The van der Waals surface area contributed by atoms with Crippen molar-refractivity contribution in [3.8, 4) is 0 Å². The van der Waals surface area contributed by atoms with E-state index in [1.165, 1.54) is 0 Å². The molecule has 0 saturated heterocycles. The number of amides is 1. The maximum absolute atomic E-state index is 13.7. The molecular weight excluding hydrogens is 231 g/mol. The van der Waals surface area contributed by atoms with Crippen molar-refractivity contribution >= 4 is 11.6 Å². The van der Waals surface area contributed by atoms with E-state index in [1.54, 1.807) is 0 Å². The number of hydrogen-bond donors (Lipinski definition) is 0. The van der Waals surface area contributed by atoms with Gasteiger partial charge in [-0.15, -0.1) is 0 Å². The number of nitrogens with zero attached hydrogens (tertiary/aromatic N) is 1. The van der Waals surface area contributed by atoms with Crippen molar-refractivity contribution in [2.24, 2.45) is 0 Å². The van der Waals surface area contributed by atoms with Crippen LogP contribution in [-0.4, -0.2) is 5.91 Å². The molecule has 0 aromatic heterocycles. The summed E-state index contributed by atoms with van der Waals surface area (Å²) in [5.41, 5.74) is -0.324. The summed E-state index contributed by atoms with van der Waals surface area (Å²) >= 11 is 0. The number of fused-ring (bicyclic) bond motifs is 1. The van der Waals surface area contributed by atoms with Crippen molar-refractivity contribution in [3.63, 3.8) is 0 Å². The molecule has 0 bridgehead atoms. The van der Waals surface area contributed by atoms with Crippen molar-refractivity contribution in [1.82, 2.24) is 0 Å². The molecule has 0 fully saturated rings. The van der Waals surface area contributed by atoms with Gasteiger partial charge in [0.15, 0.2) is 17.5 Å². The lowest BCUT2D eigenvalue weighted by Gasteiger charge is -2.19. The third kappa shape index (κ3) is 1.81. The Kier molecular flexibility index (Phi) is 2.92. The van der Waals surface area contributed by atoms with Crippen LogP contribution in [0, 0.1) is 17.5 Å². The minimum Gasteiger partial charge on any atom is -0.285 e. The Hall–Kier alpha value is -1.78. The fraction of sp³-hybridized carbons (Fsp3) is 0.250.